The van der Waals surface area contributed by atoms with E-state index in [9.17, 15) is 4.79 Å². The number of fused-ring (bicyclic) bond motifs is 2. The summed E-state index contributed by atoms with van der Waals surface area (Å²) in [5, 5.41) is 0. The number of hydrogen-bond acceptors (Lipinski definition) is 5. The predicted octanol–water partition coefficient (Wildman–Crippen LogP) is 7.46. The maximum atomic E-state index is 13.5. The van der Waals surface area contributed by atoms with Crippen molar-refractivity contribution in [3.8, 4) is 11.5 Å². The Balaban J connectivity index is 1.63. The zero-order valence-electron chi connectivity index (χ0n) is 17.8. The van der Waals surface area contributed by atoms with Crippen LogP contribution < -0.4 is 14.4 Å². The van der Waals surface area contributed by atoms with Crippen molar-refractivity contribution < 1.29 is 14.3 Å². The van der Waals surface area contributed by atoms with Gasteiger partial charge < -0.3 is 14.4 Å². The molecule has 33 heavy (non-hydrogen) atoms. The fraction of sp³-hybridized carbons (Fsp3) is 0.0741. The van der Waals surface area contributed by atoms with Gasteiger partial charge in [-0.05, 0) is 81.3 Å². The number of anilines is 3. The molecule has 1 aliphatic heterocycles. The second-order valence-corrected chi connectivity index (χ2v) is 8.65. The van der Waals surface area contributed by atoms with E-state index in [1.807, 2.05) is 72.8 Å². The Bertz CT molecular complexity index is 1290. The van der Waals surface area contributed by atoms with Crippen molar-refractivity contribution in [3.63, 3.8) is 0 Å². The number of rotatable bonds is 5. The average molecular weight is 474 g/mol. The molecule has 0 fully saturated rings. The van der Waals surface area contributed by atoms with Gasteiger partial charge in [-0.15, -0.1) is 0 Å². The first-order valence-electron chi connectivity index (χ1n) is 10.4. The maximum Gasteiger partial charge on any atom is 0.323 e. The summed E-state index contributed by atoms with van der Waals surface area (Å²) in [6.07, 6.45) is 0. The van der Waals surface area contributed by atoms with Crippen molar-refractivity contribution in [2.45, 2.75) is 10.8 Å². The zero-order chi connectivity index (χ0) is 22.8. The molecule has 1 atom stereocenters. The lowest BCUT2D eigenvalue weighted by molar-refractivity contribution is -0.135. The second-order valence-electron chi connectivity index (χ2n) is 7.56. The molecule has 0 saturated carbocycles. The van der Waals surface area contributed by atoms with E-state index < -0.39 is 5.92 Å². The molecule has 0 N–H and O–H groups in total. The summed E-state index contributed by atoms with van der Waals surface area (Å²) in [4.78, 5) is 16.6. The van der Waals surface area contributed by atoms with Crippen molar-refractivity contribution in [2.24, 2.45) is 0 Å². The number of carbonyl (C=O) groups is 1. The SMILES string of the molecule is COc1ccc2c(c1)N(c1ccccc1)c1ccccc1C2C(=O)Oc1ccc(SCl)cc1. The summed E-state index contributed by atoms with van der Waals surface area (Å²) < 4.78 is 11.3. The highest BCUT2D eigenvalue weighted by Gasteiger charge is 2.37. The largest absolute Gasteiger partial charge is 0.497 e. The van der Waals surface area contributed by atoms with Crippen LogP contribution in [-0.2, 0) is 4.79 Å². The van der Waals surface area contributed by atoms with Crippen molar-refractivity contribution in [3.05, 3.63) is 108 Å². The number of hydrogen-bond donors (Lipinski definition) is 0. The molecule has 0 aliphatic carbocycles. The van der Waals surface area contributed by atoms with Gasteiger partial charge in [0.05, 0.1) is 18.5 Å². The van der Waals surface area contributed by atoms with Gasteiger partial charge in [0.2, 0.25) is 0 Å². The normalized spacial score (nSPS) is 14.2. The van der Waals surface area contributed by atoms with Crippen LogP contribution in [0.1, 0.15) is 17.0 Å². The maximum absolute atomic E-state index is 13.5. The van der Waals surface area contributed by atoms with Crippen LogP contribution in [0.2, 0.25) is 0 Å². The molecule has 1 unspecified atom stereocenters. The van der Waals surface area contributed by atoms with Gasteiger partial charge in [0.1, 0.15) is 17.4 Å². The molecule has 4 aromatic carbocycles. The Morgan fingerprint density at radius 3 is 2.21 bits per heavy atom. The Kier molecular flexibility index (Phi) is 5.99. The minimum atomic E-state index is -0.579. The molecule has 1 heterocycles. The third-order valence-electron chi connectivity index (χ3n) is 5.66. The highest BCUT2D eigenvalue weighted by atomic mass is 35.7. The van der Waals surface area contributed by atoms with Crippen LogP contribution in [0.15, 0.2) is 102 Å². The molecule has 0 aromatic heterocycles. The quantitative estimate of drug-likeness (QED) is 0.222. The van der Waals surface area contributed by atoms with E-state index in [0.717, 1.165) is 49.8 Å². The lowest BCUT2D eigenvalue weighted by Crippen LogP contribution is -2.28. The van der Waals surface area contributed by atoms with E-state index in [0.29, 0.717) is 5.75 Å². The van der Waals surface area contributed by atoms with Gasteiger partial charge in [0.15, 0.2) is 0 Å². The Labute approximate surface area is 201 Å². The molecule has 4 nitrogen and oxygen atoms in total. The van der Waals surface area contributed by atoms with Crippen molar-refractivity contribution in [1.82, 2.24) is 0 Å². The first-order valence-corrected chi connectivity index (χ1v) is 12.1. The van der Waals surface area contributed by atoms with Crippen LogP contribution in [0.3, 0.4) is 0 Å². The van der Waals surface area contributed by atoms with Crippen LogP contribution in [0.4, 0.5) is 17.1 Å². The molecular weight excluding hydrogens is 454 g/mol. The summed E-state index contributed by atoms with van der Waals surface area (Å²) in [6, 6.07) is 31.0. The zero-order valence-corrected chi connectivity index (χ0v) is 19.3. The van der Waals surface area contributed by atoms with Gasteiger partial charge >= 0.3 is 5.97 Å². The van der Waals surface area contributed by atoms with Gasteiger partial charge in [-0.3, -0.25) is 4.79 Å². The smallest absolute Gasteiger partial charge is 0.323 e. The second kappa shape index (κ2) is 9.22. The van der Waals surface area contributed by atoms with E-state index in [2.05, 4.69) is 17.0 Å². The van der Waals surface area contributed by atoms with Gasteiger partial charge in [0.25, 0.3) is 0 Å². The van der Waals surface area contributed by atoms with E-state index in [4.69, 9.17) is 20.2 Å². The molecule has 0 radical (unpaired) electrons. The molecule has 0 bridgehead atoms. The van der Waals surface area contributed by atoms with Crippen molar-refractivity contribution in [2.75, 3.05) is 12.0 Å². The number of esters is 1. The fourth-order valence-electron chi connectivity index (χ4n) is 4.16. The van der Waals surface area contributed by atoms with Gasteiger partial charge in [-0.1, -0.05) is 42.5 Å². The third kappa shape index (κ3) is 4.06. The number of halogens is 1. The van der Waals surface area contributed by atoms with Crippen LogP contribution in [0.5, 0.6) is 11.5 Å². The summed E-state index contributed by atoms with van der Waals surface area (Å²) in [5.74, 6) is 0.278. The van der Waals surface area contributed by atoms with E-state index >= 15 is 0 Å². The lowest BCUT2D eigenvalue weighted by atomic mass is 9.84. The highest BCUT2D eigenvalue weighted by molar-refractivity contribution is 8.21. The standard InChI is InChI=1S/C27H20ClNO3S/c1-31-20-13-16-23-25(17-20)29(18-7-3-2-4-8-18)24-10-6-5-9-22(24)26(23)27(30)32-19-11-14-21(33-28)15-12-19/h2-17,26H,1H3. The number of methoxy groups -OCH3 is 1. The van der Waals surface area contributed by atoms with E-state index in [1.54, 1.807) is 19.2 Å². The minimum absolute atomic E-state index is 0.340. The van der Waals surface area contributed by atoms with Crippen molar-refractivity contribution in [1.29, 1.82) is 0 Å². The number of benzene rings is 4. The van der Waals surface area contributed by atoms with Crippen LogP contribution >= 0.6 is 21.7 Å². The first kappa shape index (κ1) is 21.4. The number of carbonyl (C=O) groups excluding carboxylic acids is 1. The van der Waals surface area contributed by atoms with E-state index in [-0.39, 0.29) is 5.97 Å². The van der Waals surface area contributed by atoms with Crippen molar-refractivity contribution >= 4 is 44.7 Å². The summed E-state index contributed by atoms with van der Waals surface area (Å²) in [7, 11) is 8.56. The van der Waals surface area contributed by atoms with Gasteiger partial charge in [-0.25, -0.2) is 0 Å². The molecule has 164 valence electrons. The monoisotopic (exact) mass is 473 g/mol. The summed E-state index contributed by atoms with van der Waals surface area (Å²) in [5.41, 5.74) is 4.56. The van der Waals surface area contributed by atoms with Crippen LogP contribution in [0, 0.1) is 0 Å². The number of ether oxygens (including phenoxy) is 2. The number of para-hydroxylation sites is 2. The third-order valence-corrected chi connectivity index (χ3v) is 6.64. The average Bonchev–Trinajstić information content (AvgIpc) is 2.87. The fourth-order valence-corrected chi connectivity index (χ4v) is 4.71. The Morgan fingerprint density at radius 1 is 0.818 bits per heavy atom. The van der Waals surface area contributed by atoms with Gasteiger partial charge in [0, 0.05) is 16.6 Å². The van der Waals surface area contributed by atoms with Crippen LogP contribution in [0.25, 0.3) is 0 Å². The molecule has 4 aromatic rings. The molecular formula is C27H20ClNO3S. The molecule has 0 spiro atoms. The van der Waals surface area contributed by atoms with Crippen LogP contribution in [-0.4, -0.2) is 13.1 Å². The Hall–Kier alpha value is -3.41. The molecule has 0 saturated heterocycles. The molecule has 5 rings (SSSR count). The molecule has 1 aliphatic rings. The Morgan fingerprint density at radius 2 is 1.48 bits per heavy atom. The number of nitrogens with zero attached hydrogens (tertiary/aromatic N) is 1. The molecule has 0 amide bonds. The van der Waals surface area contributed by atoms with E-state index in [1.165, 1.54) is 0 Å². The topological polar surface area (TPSA) is 38.8 Å². The molecule has 6 heteroatoms. The summed E-state index contributed by atoms with van der Waals surface area (Å²) in [6.45, 7) is 0. The highest BCUT2D eigenvalue weighted by Crippen LogP contribution is 2.50. The minimum Gasteiger partial charge on any atom is -0.497 e. The van der Waals surface area contributed by atoms with Gasteiger partial charge in [-0.2, -0.15) is 0 Å². The lowest BCUT2D eigenvalue weighted by Gasteiger charge is -2.37. The first-order chi connectivity index (χ1) is 16.2. The summed E-state index contributed by atoms with van der Waals surface area (Å²) >= 11 is 0. The predicted molar refractivity (Wildman–Crippen MR) is 133 cm³/mol.